The third-order valence-corrected chi connectivity index (χ3v) is 6.91. The summed E-state index contributed by atoms with van der Waals surface area (Å²) in [6, 6.07) is 19.7. The number of hydrogen-bond acceptors (Lipinski definition) is 5. The van der Waals surface area contributed by atoms with E-state index in [0.29, 0.717) is 24.5 Å². The zero-order valence-electron chi connectivity index (χ0n) is 22.0. The first-order valence-corrected chi connectivity index (χ1v) is 12.9. The number of carbonyl (C=O) groups excluding carboxylic acids is 2. The molecule has 0 bridgehead atoms. The van der Waals surface area contributed by atoms with Crippen LogP contribution in [0, 0.1) is 12.7 Å². The first-order chi connectivity index (χ1) is 18.3. The topological polar surface area (TPSA) is 70.1 Å². The summed E-state index contributed by atoms with van der Waals surface area (Å²) in [4.78, 5) is 29.8. The molecule has 198 valence electrons. The van der Waals surface area contributed by atoms with Gasteiger partial charge in [0.1, 0.15) is 23.9 Å². The number of carbonyl (C=O) groups is 2. The van der Waals surface area contributed by atoms with Gasteiger partial charge in [0.15, 0.2) is 0 Å². The zero-order valence-corrected chi connectivity index (χ0v) is 22.0. The molecule has 1 saturated heterocycles. The first kappa shape index (κ1) is 27.1. The van der Waals surface area contributed by atoms with Gasteiger partial charge in [-0.2, -0.15) is 0 Å². The lowest BCUT2D eigenvalue weighted by molar-refractivity contribution is -0.140. The van der Waals surface area contributed by atoms with Gasteiger partial charge in [-0.15, -0.1) is 0 Å². The van der Waals surface area contributed by atoms with Crippen molar-refractivity contribution in [2.24, 2.45) is 0 Å². The minimum atomic E-state index is -1.02. The number of aliphatic hydroxyl groups is 1. The lowest BCUT2D eigenvalue weighted by atomic mass is 9.95. The van der Waals surface area contributed by atoms with Crippen LogP contribution in [0.15, 0.2) is 78.4 Å². The molecule has 7 heteroatoms. The van der Waals surface area contributed by atoms with Crippen molar-refractivity contribution in [2.45, 2.75) is 33.4 Å². The number of Topliss-reactive ketones (excluding diaryl/α,β-unsaturated/α-hetero) is 1. The molecule has 1 fully saturated rings. The number of likely N-dealkylation sites (tertiary alicyclic amines) is 1. The van der Waals surface area contributed by atoms with Gasteiger partial charge < -0.3 is 19.6 Å². The summed E-state index contributed by atoms with van der Waals surface area (Å²) in [6.45, 7) is 8.75. The van der Waals surface area contributed by atoms with E-state index in [-0.39, 0.29) is 23.4 Å². The van der Waals surface area contributed by atoms with Gasteiger partial charge in [0, 0.05) is 24.2 Å². The smallest absolute Gasteiger partial charge is 0.295 e. The van der Waals surface area contributed by atoms with Crippen molar-refractivity contribution in [3.8, 4) is 5.75 Å². The lowest BCUT2D eigenvalue weighted by Crippen LogP contribution is -2.38. The number of nitrogens with zero attached hydrogens (tertiary/aromatic N) is 2. The average molecular weight is 517 g/mol. The normalized spacial score (nSPS) is 16.9. The van der Waals surface area contributed by atoms with Gasteiger partial charge in [-0.25, -0.2) is 4.39 Å². The number of ether oxygens (including phenoxy) is 1. The van der Waals surface area contributed by atoms with Crippen LogP contribution in [0.5, 0.6) is 5.75 Å². The summed E-state index contributed by atoms with van der Waals surface area (Å²) < 4.78 is 20.8. The van der Waals surface area contributed by atoms with Crippen LogP contribution in [0.2, 0.25) is 0 Å². The van der Waals surface area contributed by atoms with E-state index in [9.17, 15) is 19.1 Å². The van der Waals surface area contributed by atoms with Gasteiger partial charge in [0.25, 0.3) is 11.7 Å². The summed E-state index contributed by atoms with van der Waals surface area (Å²) >= 11 is 0. The van der Waals surface area contributed by atoms with E-state index >= 15 is 0 Å². The molecule has 1 heterocycles. The number of aryl methyl sites for hydroxylation is 1. The second-order valence-electron chi connectivity index (χ2n) is 9.34. The Balaban J connectivity index is 1.65. The third-order valence-electron chi connectivity index (χ3n) is 6.91. The fourth-order valence-corrected chi connectivity index (χ4v) is 4.75. The van der Waals surface area contributed by atoms with Crippen molar-refractivity contribution >= 4 is 17.4 Å². The molecule has 1 N–H and O–H groups in total. The van der Waals surface area contributed by atoms with E-state index in [4.69, 9.17) is 4.74 Å². The van der Waals surface area contributed by atoms with Crippen LogP contribution >= 0.6 is 0 Å². The Morgan fingerprint density at radius 1 is 1.00 bits per heavy atom. The fourth-order valence-electron chi connectivity index (χ4n) is 4.75. The van der Waals surface area contributed by atoms with Crippen molar-refractivity contribution in [3.63, 3.8) is 0 Å². The van der Waals surface area contributed by atoms with Gasteiger partial charge in [-0.1, -0.05) is 61.9 Å². The molecule has 0 spiro atoms. The molecule has 3 aromatic carbocycles. The predicted molar refractivity (Wildman–Crippen MR) is 145 cm³/mol. The molecule has 0 unspecified atom stereocenters. The molecule has 6 nitrogen and oxygen atoms in total. The summed E-state index contributed by atoms with van der Waals surface area (Å²) in [5.41, 5.74) is 2.57. The number of likely N-dealkylation sites (N-methyl/N-ethyl adjacent to an activating group) is 1. The van der Waals surface area contributed by atoms with Crippen LogP contribution in [0.1, 0.15) is 42.1 Å². The highest BCUT2D eigenvalue weighted by Gasteiger charge is 2.46. The SMILES string of the molecule is CCN(CC)CCN1C(=O)C(=O)/C(=C(/O)c2ccc(OCc3cccc(C)c3)cc2)[C@H]1c1ccccc1F. The molecule has 4 rings (SSSR count). The van der Waals surface area contributed by atoms with Crippen molar-refractivity contribution in [1.82, 2.24) is 9.80 Å². The highest BCUT2D eigenvalue weighted by atomic mass is 19.1. The molecule has 0 aliphatic carbocycles. The van der Waals surface area contributed by atoms with Gasteiger partial charge >= 0.3 is 0 Å². The molecular formula is C31H33FN2O4. The molecule has 1 aliphatic rings. The van der Waals surface area contributed by atoms with E-state index in [2.05, 4.69) is 4.90 Å². The molecule has 0 radical (unpaired) electrons. The lowest BCUT2D eigenvalue weighted by Gasteiger charge is -2.28. The molecule has 0 aromatic heterocycles. The predicted octanol–water partition coefficient (Wildman–Crippen LogP) is 5.48. The maximum atomic E-state index is 15.0. The Morgan fingerprint density at radius 2 is 1.71 bits per heavy atom. The van der Waals surface area contributed by atoms with Crippen LogP contribution < -0.4 is 4.74 Å². The van der Waals surface area contributed by atoms with Gasteiger partial charge in [-0.05, 0) is 55.9 Å². The van der Waals surface area contributed by atoms with E-state index < -0.39 is 23.5 Å². The number of benzene rings is 3. The van der Waals surface area contributed by atoms with E-state index in [1.54, 1.807) is 42.5 Å². The Morgan fingerprint density at radius 3 is 2.37 bits per heavy atom. The molecule has 1 amide bonds. The number of hydrogen-bond donors (Lipinski definition) is 1. The van der Waals surface area contributed by atoms with E-state index in [1.807, 2.05) is 45.0 Å². The third kappa shape index (κ3) is 5.78. The van der Waals surface area contributed by atoms with E-state index in [1.165, 1.54) is 11.0 Å². The Hall–Kier alpha value is -3.97. The highest BCUT2D eigenvalue weighted by Crippen LogP contribution is 2.40. The molecule has 38 heavy (non-hydrogen) atoms. The number of ketones is 1. The molecule has 0 saturated carbocycles. The van der Waals surface area contributed by atoms with Crippen LogP contribution in [-0.2, 0) is 16.2 Å². The minimum absolute atomic E-state index is 0.118. The summed E-state index contributed by atoms with van der Waals surface area (Å²) in [7, 11) is 0. The molecular weight excluding hydrogens is 483 g/mol. The van der Waals surface area contributed by atoms with Crippen LogP contribution in [0.4, 0.5) is 4.39 Å². The quantitative estimate of drug-likeness (QED) is 0.220. The van der Waals surface area contributed by atoms with Gasteiger partial charge in [-0.3, -0.25) is 9.59 Å². The molecule has 1 aliphatic heterocycles. The van der Waals surface area contributed by atoms with Gasteiger partial charge in [0.05, 0.1) is 11.6 Å². The summed E-state index contributed by atoms with van der Waals surface area (Å²) in [6.07, 6.45) is 0. The van der Waals surface area contributed by atoms with E-state index in [0.717, 1.165) is 24.2 Å². The second-order valence-corrected chi connectivity index (χ2v) is 9.34. The Kier molecular flexibility index (Phi) is 8.59. The minimum Gasteiger partial charge on any atom is -0.507 e. The number of amides is 1. The summed E-state index contributed by atoms with van der Waals surface area (Å²) in [5.74, 6) is -1.86. The standard InChI is InChI=1S/C31H33FN2O4/c1-4-33(5-2)17-18-34-28(25-11-6-7-12-26(25)32)27(30(36)31(34)37)29(35)23-13-15-24(16-14-23)38-20-22-10-8-9-21(3)19-22/h6-16,19,28,35H,4-5,17-18,20H2,1-3H3/b29-27+/t28-/m1/s1. The molecule has 1 atom stereocenters. The van der Waals surface area contributed by atoms with Crippen LogP contribution in [-0.4, -0.2) is 52.8 Å². The van der Waals surface area contributed by atoms with Crippen molar-refractivity contribution in [3.05, 3.63) is 106 Å². The Labute approximate surface area is 223 Å². The van der Waals surface area contributed by atoms with Crippen molar-refractivity contribution in [2.75, 3.05) is 26.2 Å². The van der Waals surface area contributed by atoms with Crippen LogP contribution in [0.3, 0.4) is 0 Å². The van der Waals surface area contributed by atoms with Crippen molar-refractivity contribution in [1.29, 1.82) is 0 Å². The second kappa shape index (κ2) is 12.0. The number of rotatable bonds is 10. The average Bonchev–Trinajstić information content (AvgIpc) is 3.17. The number of halogens is 1. The maximum Gasteiger partial charge on any atom is 0.295 e. The largest absolute Gasteiger partial charge is 0.507 e. The zero-order chi connectivity index (χ0) is 27.2. The Bertz CT molecular complexity index is 1330. The fraction of sp³-hybridized carbons (Fsp3) is 0.290. The van der Waals surface area contributed by atoms with Gasteiger partial charge in [0.2, 0.25) is 0 Å². The van der Waals surface area contributed by atoms with Crippen LogP contribution in [0.25, 0.3) is 5.76 Å². The summed E-state index contributed by atoms with van der Waals surface area (Å²) in [5, 5.41) is 11.3. The molecule has 3 aromatic rings. The number of aliphatic hydroxyl groups excluding tert-OH is 1. The maximum absolute atomic E-state index is 15.0. The van der Waals surface area contributed by atoms with Crippen molar-refractivity contribution < 1.29 is 23.8 Å². The monoisotopic (exact) mass is 516 g/mol. The highest BCUT2D eigenvalue weighted by molar-refractivity contribution is 6.46. The first-order valence-electron chi connectivity index (χ1n) is 12.9.